The second kappa shape index (κ2) is 9.16. The standard InChI is InChI=1S/C22H31N3O2/c1-6-8-20-17(3)25(10-9-18(20)7-2)21(26)19(16-23)15-22(4,5)24-11-13-27-14-12-24/h6-8,15,17H,2,9-14H2,1,3-5H3/b8-6-,19-15+. The van der Waals surface area contributed by atoms with Gasteiger partial charge in [0.05, 0.1) is 19.3 Å². The fraction of sp³-hybridized carbons (Fsp3) is 0.545. The van der Waals surface area contributed by atoms with E-state index in [-0.39, 0.29) is 23.1 Å². The Labute approximate surface area is 163 Å². The van der Waals surface area contributed by atoms with Gasteiger partial charge in [-0.2, -0.15) is 5.26 Å². The van der Waals surface area contributed by atoms with Crippen LogP contribution in [0, 0.1) is 11.3 Å². The van der Waals surface area contributed by atoms with E-state index in [4.69, 9.17) is 4.74 Å². The Kier molecular flexibility index (Phi) is 7.18. The van der Waals surface area contributed by atoms with Gasteiger partial charge in [-0.05, 0) is 51.3 Å². The number of morpholine rings is 1. The van der Waals surface area contributed by atoms with Crippen LogP contribution >= 0.6 is 0 Å². The molecule has 146 valence electrons. The van der Waals surface area contributed by atoms with E-state index in [1.54, 1.807) is 4.90 Å². The molecule has 1 unspecified atom stereocenters. The van der Waals surface area contributed by atoms with Crippen molar-refractivity contribution in [2.45, 2.75) is 45.7 Å². The predicted molar refractivity (Wildman–Crippen MR) is 108 cm³/mol. The van der Waals surface area contributed by atoms with E-state index in [2.05, 4.69) is 17.5 Å². The van der Waals surface area contributed by atoms with Gasteiger partial charge in [0.15, 0.2) is 0 Å². The fourth-order valence-electron chi connectivity index (χ4n) is 3.82. The van der Waals surface area contributed by atoms with Gasteiger partial charge in [0, 0.05) is 25.2 Å². The Morgan fingerprint density at radius 3 is 2.56 bits per heavy atom. The zero-order valence-electron chi connectivity index (χ0n) is 17.0. The largest absolute Gasteiger partial charge is 0.379 e. The summed E-state index contributed by atoms with van der Waals surface area (Å²) in [6.45, 7) is 15.5. The molecule has 1 atom stereocenters. The summed E-state index contributed by atoms with van der Waals surface area (Å²) in [6.07, 6.45) is 8.46. The zero-order valence-corrected chi connectivity index (χ0v) is 17.0. The maximum atomic E-state index is 13.2. The van der Waals surface area contributed by atoms with Crippen molar-refractivity contribution < 1.29 is 9.53 Å². The summed E-state index contributed by atoms with van der Waals surface area (Å²) >= 11 is 0. The summed E-state index contributed by atoms with van der Waals surface area (Å²) in [5, 5.41) is 9.69. The number of nitriles is 1. The molecule has 0 radical (unpaired) electrons. The van der Waals surface area contributed by atoms with Crippen LogP contribution < -0.4 is 0 Å². The molecule has 0 saturated carbocycles. The monoisotopic (exact) mass is 369 g/mol. The molecule has 0 aliphatic carbocycles. The van der Waals surface area contributed by atoms with Gasteiger partial charge in [0.25, 0.3) is 5.91 Å². The van der Waals surface area contributed by atoms with Crippen molar-refractivity contribution in [3.05, 3.63) is 47.6 Å². The van der Waals surface area contributed by atoms with Crippen LogP contribution in [0.15, 0.2) is 47.6 Å². The molecule has 2 rings (SSSR count). The number of allylic oxidation sites excluding steroid dienone is 2. The maximum Gasteiger partial charge on any atom is 0.264 e. The number of hydrogen-bond acceptors (Lipinski definition) is 4. The Hall–Kier alpha value is -2.16. The smallest absolute Gasteiger partial charge is 0.264 e. The number of hydrogen-bond donors (Lipinski definition) is 0. The molecule has 2 heterocycles. The molecular weight excluding hydrogens is 338 g/mol. The molecule has 1 fully saturated rings. The molecule has 2 aliphatic rings. The van der Waals surface area contributed by atoms with Crippen molar-refractivity contribution in [1.82, 2.24) is 9.80 Å². The summed E-state index contributed by atoms with van der Waals surface area (Å²) in [4.78, 5) is 17.2. The Morgan fingerprint density at radius 1 is 1.33 bits per heavy atom. The van der Waals surface area contributed by atoms with E-state index in [1.807, 2.05) is 52.0 Å². The van der Waals surface area contributed by atoms with Crippen molar-refractivity contribution in [3.8, 4) is 6.07 Å². The molecule has 1 amide bonds. The van der Waals surface area contributed by atoms with Crippen molar-refractivity contribution in [1.29, 1.82) is 5.26 Å². The molecule has 0 aromatic rings. The molecule has 0 bridgehead atoms. The maximum absolute atomic E-state index is 13.2. The highest BCUT2D eigenvalue weighted by Crippen LogP contribution is 2.28. The molecule has 5 nitrogen and oxygen atoms in total. The van der Waals surface area contributed by atoms with Crippen LogP contribution in [0.1, 0.15) is 34.1 Å². The first-order valence-corrected chi connectivity index (χ1v) is 9.60. The van der Waals surface area contributed by atoms with Crippen LogP contribution in [0.3, 0.4) is 0 Å². The van der Waals surface area contributed by atoms with Crippen molar-refractivity contribution >= 4 is 5.91 Å². The van der Waals surface area contributed by atoms with Crippen LogP contribution in [0.25, 0.3) is 0 Å². The second-order valence-corrected chi connectivity index (χ2v) is 7.53. The van der Waals surface area contributed by atoms with E-state index < -0.39 is 0 Å². The Morgan fingerprint density at radius 2 is 2.00 bits per heavy atom. The lowest BCUT2D eigenvalue weighted by atomic mass is 9.91. The molecule has 1 saturated heterocycles. The summed E-state index contributed by atoms with van der Waals surface area (Å²) in [6, 6.07) is 2.06. The van der Waals surface area contributed by atoms with E-state index in [0.717, 1.165) is 25.1 Å². The Bertz CT molecular complexity index is 704. The molecule has 0 aromatic carbocycles. The van der Waals surface area contributed by atoms with Gasteiger partial charge in [0.1, 0.15) is 11.6 Å². The van der Waals surface area contributed by atoms with E-state index >= 15 is 0 Å². The summed E-state index contributed by atoms with van der Waals surface area (Å²) in [5.74, 6) is -0.198. The minimum Gasteiger partial charge on any atom is -0.379 e. The highest BCUT2D eigenvalue weighted by atomic mass is 16.5. The minimum atomic E-state index is -0.377. The highest BCUT2D eigenvalue weighted by Gasteiger charge is 2.32. The van der Waals surface area contributed by atoms with Crippen LogP contribution in [0.5, 0.6) is 0 Å². The van der Waals surface area contributed by atoms with Crippen LogP contribution in [0.4, 0.5) is 0 Å². The summed E-state index contributed by atoms with van der Waals surface area (Å²) in [5.41, 5.74) is 2.09. The molecule has 27 heavy (non-hydrogen) atoms. The van der Waals surface area contributed by atoms with E-state index in [9.17, 15) is 10.1 Å². The average molecular weight is 370 g/mol. The third-order valence-corrected chi connectivity index (χ3v) is 5.44. The van der Waals surface area contributed by atoms with Gasteiger partial charge >= 0.3 is 0 Å². The van der Waals surface area contributed by atoms with Gasteiger partial charge in [0.2, 0.25) is 0 Å². The Balaban J connectivity index is 2.27. The number of amides is 1. The summed E-state index contributed by atoms with van der Waals surface area (Å²) in [7, 11) is 0. The first kappa shape index (κ1) is 21.1. The molecule has 0 N–H and O–H groups in total. The third kappa shape index (κ3) is 4.77. The number of rotatable bonds is 5. The van der Waals surface area contributed by atoms with Crippen molar-refractivity contribution in [3.63, 3.8) is 0 Å². The van der Waals surface area contributed by atoms with Gasteiger partial charge in [-0.1, -0.05) is 24.8 Å². The predicted octanol–water partition coefficient (Wildman–Crippen LogP) is 3.23. The molecule has 0 aromatic heterocycles. The fourth-order valence-corrected chi connectivity index (χ4v) is 3.82. The molecule has 2 aliphatic heterocycles. The molecular formula is C22H31N3O2. The lowest BCUT2D eigenvalue weighted by molar-refractivity contribution is -0.128. The van der Waals surface area contributed by atoms with Crippen LogP contribution in [-0.2, 0) is 9.53 Å². The van der Waals surface area contributed by atoms with Crippen LogP contribution in [0.2, 0.25) is 0 Å². The number of carbonyl (C=O) groups is 1. The quantitative estimate of drug-likeness (QED) is 0.551. The first-order chi connectivity index (χ1) is 12.9. The van der Waals surface area contributed by atoms with Crippen molar-refractivity contribution in [2.24, 2.45) is 0 Å². The van der Waals surface area contributed by atoms with Crippen molar-refractivity contribution in [2.75, 3.05) is 32.8 Å². The third-order valence-electron chi connectivity index (χ3n) is 5.44. The first-order valence-electron chi connectivity index (χ1n) is 9.60. The lowest BCUT2D eigenvalue weighted by Crippen LogP contribution is -2.49. The van der Waals surface area contributed by atoms with Gasteiger partial charge in [-0.15, -0.1) is 0 Å². The molecule has 5 heteroatoms. The zero-order chi connectivity index (χ0) is 20.0. The van der Waals surface area contributed by atoms with E-state index in [1.165, 1.54) is 5.57 Å². The molecule has 0 spiro atoms. The SMILES string of the molecule is C=CC1=C(/C=C\C)C(C)N(C(=O)/C(C#N)=C/C(C)(C)N2CCOCC2)CC1. The summed E-state index contributed by atoms with van der Waals surface area (Å²) < 4.78 is 5.42. The van der Waals surface area contributed by atoms with Gasteiger partial charge < -0.3 is 9.64 Å². The average Bonchev–Trinajstić information content (AvgIpc) is 2.68. The number of ether oxygens (including phenoxy) is 1. The van der Waals surface area contributed by atoms with E-state index in [0.29, 0.717) is 19.8 Å². The number of carbonyl (C=O) groups excluding carboxylic acids is 1. The normalized spacial score (nSPS) is 22.9. The number of nitrogens with zero attached hydrogens (tertiary/aromatic N) is 3. The minimum absolute atomic E-state index is 0.0845. The highest BCUT2D eigenvalue weighted by molar-refractivity contribution is 5.98. The topological polar surface area (TPSA) is 56.6 Å². The van der Waals surface area contributed by atoms with Crippen LogP contribution in [-0.4, -0.2) is 60.1 Å². The van der Waals surface area contributed by atoms with Gasteiger partial charge in [-0.25, -0.2) is 0 Å². The van der Waals surface area contributed by atoms with Gasteiger partial charge in [-0.3, -0.25) is 9.69 Å². The second-order valence-electron chi connectivity index (χ2n) is 7.53. The lowest BCUT2D eigenvalue weighted by Gasteiger charge is -2.39.